The molecule has 0 rings (SSSR count). The Labute approximate surface area is 89.6 Å². The summed E-state index contributed by atoms with van der Waals surface area (Å²) in [4.78, 5) is 0. The van der Waals surface area contributed by atoms with Crippen molar-refractivity contribution in [2.24, 2.45) is 23.0 Å². The lowest BCUT2D eigenvalue weighted by Gasteiger charge is -2.28. The van der Waals surface area contributed by atoms with E-state index in [4.69, 9.17) is 5.73 Å². The Morgan fingerprint density at radius 2 is 1.71 bits per heavy atom. The van der Waals surface area contributed by atoms with Gasteiger partial charge >= 0.3 is 0 Å². The Morgan fingerprint density at radius 3 is 2.14 bits per heavy atom. The molecule has 0 spiro atoms. The minimum absolute atomic E-state index is 0.407. The SMILES string of the molecule is CC(CCN)CNCC(C)C(C)(C)C. The highest BCUT2D eigenvalue weighted by Gasteiger charge is 2.19. The van der Waals surface area contributed by atoms with Crippen molar-refractivity contribution in [1.82, 2.24) is 5.32 Å². The number of hydrogen-bond donors (Lipinski definition) is 2. The summed E-state index contributed by atoms with van der Waals surface area (Å²) in [6.45, 7) is 14.4. The number of rotatable bonds is 6. The smallest absolute Gasteiger partial charge is 0.00180 e. The van der Waals surface area contributed by atoms with E-state index >= 15 is 0 Å². The van der Waals surface area contributed by atoms with Gasteiger partial charge in [0.15, 0.2) is 0 Å². The molecule has 14 heavy (non-hydrogen) atoms. The van der Waals surface area contributed by atoms with E-state index < -0.39 is 0 Å². The Balaban J connectivity index is 3.54. The van der Waals surface area contributed by atoms with Crippen molar-refractivity contribution < 1.29 is 0 Å². The first-order valence-electron chi connectivity index (χ1n) is 5.78. The molecule has 2 atom stereocenters. The summed E-state index contributed by atoms with van der Waals surface area (Å²) in [6.07, 6.45) is 1.12. The van der Waals surface area contributed by atoms with Crippen molar-refractivity contribution in [2.45, 2.75) is 41.0 Å². The van der Waals surface area contributed by atoms with Crippen molar-refractivity contribution in [3.8, 4) is 0 Å². The zero-order valence-electron chi connectivity index (χ0n) is 10.6. The molecule has 0 aliphatic carbocycles. The lowest BCUT2D eigenvalue weighted by molar-refractivity contribution is 0.249. The molecule has 0 bridgehead atoms. The quantitative estimate of drug-likeness (QED) is 0.690. The monoisotopic (exact) mass is 200 g/mol. The van der Waals surface area contributed by atoms with Crippen LogP contribution in [0.25, 0.3) is 0 Å². The van der Waals surface area contributed by atoms with Crippen LogP contribution in [0.3, 0.4) is 0 Å². The predicted molar refractivity (Wildman–Crippen MR) is 64.3 cm³/mol. The van der Waals surface area contributed by atoms with Gasteiger partial charge in [-0.3, -0.25) is 0 Å². The summed E-state index contributed by atoms with van der Waals surface area (Å²) < 4.78 is 0. The molecule has 0 aromatic rings. The standard InChI is InChI=1S/C12H28N2/c1-10(6-7-13)8-14-9-11(2)12(3,4)5/h10-11,14H,6-9,13H2,1-5H3. The summed E-state index contributed by atoms with van der Waals surface area (Å²) >= 11 is 0. The van der Waals surface area contributed by atoms with Crippen molar-refractivity contribution >= 4 is 0 Å². The van der Waals surface area contributed by atoms with Gasteiger partial charge in [0, 0.05) is 0 Å². The third-order valence-corrected chi connectivity index (χ3v) is 3.08. The molecule has 0 saturated carbocycles. The summed E-state index contributed by atoms with van der Waals surface area (Å²) in [5.74, 6) is 1.42. The van der Waals surface area contributed by atoms with Gasteiger partial charge in [-0.15, -0.1) is 0 Å². The van der Waals surface area contributed by atoms with Crippen LogP contribution in [-0.2, 0) is 0 Å². The normalized spacial score (nSPS) is 16.7. The van der Waals surface area contributed by atoms with Crippen LogP contribution < -0.4 is 11.1 Å². The summed E-state index contributed by atoms with van der Waals surface area (Å²) in [7, 11) is 0. The van der Waals surface area contributed by atoms with Gasteiger partial charge in [0.25, 0.3) is 0 Å². The Bertz CT molecular complexity index is 138. The molecule has 0 aliphatic heterocycles. The summed E-state index contributed by atoms with van der Waals surface area (Å²) in [5, 5.41) is 3.52. The molecule has 3 N–H and O–H groups in total. The molecule has 0 saturated heterocycles. The van der Waals surface area contributed by atoms with Crippen molar-refractivity contribution in [3.05, 3.63) is 0 Å². The van der Waals surface area contributed by atoms with E-state index in [1.54, 1.807) is 0 Å². The number of nitrogens with two attached hydrogens (primary N) is 1. The fourth-order valence-corrected chi connectivity index (χ4v) is 1.24. The Kier molecular flexibility index (Phi) is 6.38. The van der Waals surface area contributed by atoms with Crippen LogP contribution in [0, 0.1) is 17.3 Å². The third kappa shape index (κ3) is 6.39. The predicted octanol–water partition coefficient (Wildman–Crippen LogP) is 2.24. The van der Waals surface area contributed by atoms with Crippen molar-refractivity contribution in [2.75, 3.05) is 19.6 Å². The molecule has 0 aromatic heterocycles. The van der Waals surface area contributed by atoms with Crippen LogP contribution in [-0.4, -0.2) is 19.6 Å². The number of hydrogen-bond acceptors (Lipinski definition) is 2. The van der Waals surface area contributed by atoms with Gasteiger partial charge in [-0.05, 0) is 43.3 Å². The van der Waals surface area contributed by atoms with Crippen LogP contribution in [0.15, 0.2) is 0 Å². The maximum absolute atomic E-state index is 5.50. The van der Waals surface area contributed by atoms with Crippen LogP contribution in [0.4, 0.5) is 0 Å². The second-order valence-electron chi connectivity index (χ2n) is 5.61. The highest BCUT2D eigenvalue weighted by Crippen LogP contribution is 2.24. The summed E-state index contributed by atoms with van der Waals surface area (Å²) in [6, 6.07) is 0. The molecular formula is C12H28N2. The van der Waals surface area contributed by atoms with E-state index in [1.165, 1.54) is 0 Å². The topological polar surface area (TPSA) is 38.0 Å². The van der Waals surface area contributed by atoms with E-state index in [1.807, 2.05) is 0 Å². The lowest BCUT2D eigenvalue weighted by Crippen LogP contribution is -2.32. The minimum atomic E-state index is 0.407. The number of nitrogens with one attached hydrogen (secondary N) is 1. The van der Waals surface area contributed by atoms with Gasteiger partial charge in [0.2, 0.25) is 0 Å². The maximum atomic E-state index is 5.50. The van der Waals surface area contributed by atoms with Gasteiger partial charge in [0.05, 0.1) is 0 Å². The highest BCUT2D eigenvalue weighted by molar-refractivity contribution is 4.72. The second-order valence-corrected chi connectivity index (χ2v) is 5.61. The third-order valence-electron chi connectivity index (χ3n) is 3.08. The van der Waals surface area contributed by atoms with E-state index in [0.29, 0.717) is 17.3 Å². The van der Waals surface area contributed by atoms with E-state index in [-0.39, 0.29) is 0 Å². The highest BCUT2D eigenvalue weighted by atomic mass is 14.9. The molecule has 2 unspecified atom stereocenters. The van der Waals surface area contributed by atoms with E-state index in [9.17, 15) is 0 Å². The largest absolute Gasteiger partial charge is 0.330 e. The minimum Gasteiger partial charge on any atom is -0.330 e. The van der Waals surface area contributed by atoms with Crippen LogP contribution in [0.2, 0.25) is 0 Å². The molecule has 86 valence electrons. The van der Waals surface area contributed by atoms with Gasteiger partial charge in [-0.25, -0.2) is 0 Å². The van der Waals surface area contributed by atoms with Crippen LogP contribution in [0.5, 0.6) is 0 Å². The second kappa shape index (κ2) is 6.41. The average Bonchev–Trinajstić information content (AvgIpc) is 2.02. The Morgan fingerprint density at radius 1 is 1.14 bits per heavy atom. The van der Waals surface area contributed by atoms with Gasteiger partial charge in [-0.2, -0.15) is 0 Å². The van der Waals surface area contributed by atoms with Crippen molar-refractivity contribution in [3.63, 3.8) is 0 Å². The van der Waals surface area contributed by atoms with Crippen molar-refractivity contribution in [1.29, 1.82) is 0 Å². The van der Waals surface area contributed by atoms with Crippen LogP contribution in [0.1, 0.15) is 41.0 Å². The molecule has 0 aromatic carbocycles. The Hall–Kier alpha value is -0.0800. The first kappa shape index (κ1) is 13.9. The molecule has 0 aliphatic rings. The van der Waals surface area contributed by atoms with E-state index in [0.717, 1.165) is 26.1 Å². The molecule has 0 amide bonds. The first-order valence-corrected chi connectivity index (χ1v) is 5.78. The molecule has 2 nitrogen and oxygen atoms in total. The van der Waals surface area contributed by atoms with Gasteiger partial charge in [-0.1, -0.05) is 34.6 Å². The maximum Gasteiger partial charge on any atom is -0.00180 e. The van der Waals surface area contributed by atoms with E-state index in [2.05, 4.69) is 39.9 Å². The molecule has 2 heteroatoms. The summed E-state index contributed by atoms with van der Waals surface area (Å²) in [5.41, 5.74) is 5.91. The average molecular weight is 200 g/mol. The first-order chi connectivity index (χ1) is 6.38. The fourth-order valence-electron chi connectivity index (χ4n) is 1.24. The zero-order chi connectivity index (χ0) is 11.2. The van der Waals surface area contributed by atoms with Crippen LogP contribution >= 0.6 is 0 Å². The molecule has 0 heterocycles. The lowest BCUT2D eigenvalue weighted by atomic mass is 9.82. The molecular weight excluding hydrogens is 172 g/mol. The molecule has 0 fully saturated rings. The fraction of sp³-hybridized carbons (Fsp3) is 1.00. The molecule has 0 radical (unpaired) electrons. The zero-order valence-corrected chi connectivity index (χ0v) is 10.6. The van der Waals surface area contributed by atoms with Gasteiger partial charge in [0.1, 0.15) is 0 Å². The van der Waals surface area contributed by atoms with Gasteiger partial charge < -0.3 is 11.1 Å².